The Balaban J connectivity index is 4.66. The van der Waals surface area contributed by atoms with Crippen LogP contribution in [-0.2, 0) is 4.74 Å². The zero-order valence-corrected chi connectivity index (χ0v) is 8.92. The molecule has 0 aliphatic rings. The van der Waals surface area contributed by atoms with Crippen LogP contribution in [0.5, 0.6) is 0 Å². The summed E-state index contributed by atoms with van der Waals surface area (Å²) in [5.41, 5.74) is 2.15. The maximum absolute atomic E-state index is 8.53. The van der Waals surface area contributed by atoms with Crippen LogP contribution >= 0.6 is 0 Å². The largest absolute Gasteiger partial charge is 0.501 e. The topological polar surface area (TPSA) is 33.0 Å². The molecule has 0 aliphatic heterocycles. The van der Waals surface area contributed by atoms with E-state index in [1.807, 2.05) is 26.0 Å². The molecule has 0 heterocycles. The summed E-state index contributed by atoms with van der Waals surface area (Å²) < 4.78 is 4.99. The molecule has 0 spiro atoms. The molecule has 0 aliphatic carbocycles. The van der Waals surface area contributed by atoms with Crippen LogP contribution in [0, 0.1) is 11.3 Å². The van der Waals surface area contributed by atoms with Gasteiger partial charge in [0.2, 0.25) is 0 Å². The van der Waals surface area contributed by atoms with Gasteiger partial charge in [-0.15, -0.1) is 0 Å². The highest BCUT2D eigenvalue weighted by Gasteiger charge is 1.95. The molecule has 0 radical (unpaired) electrons. The lowest BCUT2D eigenvalue weighted by molar-refractivity contribution is 0.293. The van der Waals surface area contributed by atoms with Crippen molar-refractivity contribution >= 4 is 0 Å². The first-order valence-corrected chi connectivity index (χ1v) is 4.20. The van der Waals surface area contributed by atoms with Gasteiger partial charge in [-0.3, -0.25) is 0 Å². The highest BCUT2D eigenvalue weighted by molar-refractivity contribution is 5.43. The van der Waals surface area contributed by atoms with Gasteiger partial charge in [0.1, 0.15) is 0 Å². The number of nitrogens with zero attached hydrogens (tertiary/aromatic N) is 1. The summed E-state index contributed by atoms with van der Waals surface area (Å²) in [5.74, 6) is 0.783. The van der Waals surface area contributed by atoms with Crippen LogP contribution in [0.3, 0.4) is 0 Å². The molecule has 0 atom stereocenters. The Bertz CT molecular complexity index is 340. The smallest absolute Gasteiger partial charge is 0.0985 e. The molecule has 0 fully saturated rings. The normalized spacial score (nSPS) is 11.9. The Morgan fingerprint density at radius 3 is 2.29 bits per heavy atom. The SMILES string of the molecule is C=C(C#N)C=C(C)C(=C)C=C(C)OC. The Labute approximate surface area is 85.5 Å². The third-order valence-electron chi connectivity index (χ3n) is 1.74. The zero-order valence-electron chi connectivity index (χ0n) is 8.92. The van der Waals surface area contributed by atoms with E-state index in [0.29, 0.717) is 5.57 Å². The lowest BCUT2D eigenvalue weighted by Gasteiger charge is -2.02. The molecular weight excluding hydrogens is 174 g/mol. The molecule has 0 amide bonds. The van der Waals surface area contributed by atoms with E-state index < -0.39 is 0 Å². The van der Waals surface area contributed by atoms with Gasteiger partial charge in [0.25, 0.3) is 0 Å². The molecule has 0 aromatic rings. The summed E-state index contributed by atoms with van der Waals surface area (Å²) >= 11 is 0. The van der Waals surface area contributed by atoms with E-state index in [-0.39, 0.29) is 0 Å². The molecule has 0 rings (SSSR count). The number of ether oxygens (including phenoxy) is 1. The molecule has 0 aromatic heterocycles. The number of nitriles is 1. The second-order valence-electron chi connectivity index (χ2n) is 2.95. The minimum atomic E-state index is 0.423. The standard InChI is InChI=1S/C12H15NO/c1-9(8-13)6-10(2)11(3)7-12(4)14-5/h6-7H,1,3H2,2,4-5H3. The second kappa shape index (κ2) is 5.82. The number of allylic oxidation sites excluding steroid dienone is 6. The Morgan fingerprint density at radius 2 is 1.86 bits per heavy atom. The third kappa shape index (κ3) is 4.32. The predicted molar refractivity (Wildman–Crippen MR) is 58.4 cm³/mol. The quantitative estimate of drug-likeness (QED) is 0.386. The molecule has 0 N–H and O–H groups in total. The summed E-state index contributed by atoms with van der Waals surface area (Å²) in [5, 5.41) is 8.53. The van der Waals surface area contributed by atoms with Crippen molar-refractivity contribution in [2.45, 2.75) is 13.8 Å². The van der Waals surface area contributed by atoms with Crippen LogP contribution in [0.1, 0.15) is 13.8 Å². The third-order valence-corrected chi connectivity index (χ3v) is 1.74. The summed E-state index contributed by atoms with van der Waals surface area (Å²) in [4.78, 5) is 0. The van der Waals surface area contributed by atoms with E-state index in [1.54, 1.807) is 13.2 Å². The van der Waals surface area contributed by atoms with E-state index in [1.165, 1.54) is 0 Å². The minimum Gasteiger partial charge on any atom is -0.501 e. The van der Waals surface area contributed by atoms with Crippen molar-refractivity contribution in [2.24, 2.45) is 0 Å². The Morgan fingerprint density at radius 1 is 1.29 bits per heavy atom. The fourth-order valence-corrected chi connectivity index (χ4v) is 0.804. The molecule has 74 valence electrons. The van der Waals surface area contributed by atoms with Gasteiger partial charge >= 0.3 is 0 Å². The minimum absolute atomic E-state index is 0.423. The van der Waals surface area contributed by atoms with Crippen LogP contribution < -0.4 is 0 Å². The van der Waals surface area contributed by atoms with Crippen LogP contribution in [0.15, 0.2) is 47.8 Å². The lowest BCUT2D eigenvalue weighted by Crippen LogP contribution is -1.85. The van der Waals surface area contributed by atoms with Gasteiger partial charge in [0, 0.05) is 5.57 Å². The average Bonchev–Trinajstić information content (AvgIpc) is 2.17. The van der Waals surface area contributed by atoms with Gasteiger partial charge in [0.15, 0.2) is 0 Å². The number of rotatable bonds is 4. The predicted octanol–water partition coefficient (Wildman–Crippen LogP) is 3.12. The highest BCUT2D eigenvalue weighted by atomic mass is 16.5. The zero-order chi connectivity index (χ0) is 11.1. The van der Waals surface area contributed by atoms with E-state index in [9.17, 15) is 0 Å². The van der Waals surface area contributed by atoms with Crippen molar-refractivity contribution in [1.29, 1.82) is 5.26 Å². The van der Waals surface area contributed by atoms with Crippen molar-refractivity contribution in [2.75, 3.05) is 7.11 Å². The van der Waals surface area contributed by atoms with Crippen LogP contribution in [-0.4, -0.2) is 7.11 Å². The van der Waals surface area contributed by atoms with Gasteiger partial charge in [-0.25, -0.2) is 0 Å². The number of hydrogen-bond acceptors (Lipinski definition) is 2. The van der Waals surface area contributed by atoms with Gasteiger partial charge in [-0.2, -0.15) is 5.26 Å². The molecule has 0 aromatic carbocycles. The molecule has 2 heteroatoms. The first kappa shape index (κ1) is 12.2. The Hall–Kier alpha value is -1.75. The molecular formula is C12H15NO. The summed E-state index contributed by atoms with van der Waals surface area (Å²) in [6, 6.07) is 1.95. The van der Waals surface area contributed by atoms with Crippen molar-refractivity contribution in [1.82, 2.24) is 0 Å². The van der Waals surface area contributed by atoms with Crippen molar-refractivity contribution in [3.05, 3.63) is 47.8 Å². The van der Waals surface area contributed by atoms with E-state index in [2.05, 4.69) is 13.2 Å². The summed E-state index contributed by atoms with van der Waals surface area (Å²) in [6.45, 7) is 11.1. The Kier molecular flexibility index (Phi) is 5.09. The fourth-order valence-electron chi connectivity index (χ4n) is 0.804. The van der Waals surface area contributed by atoms with E-state index in [0.717, 1.165) is 16.9 Å². The lowest BCUT2D eigenvalue weighted by atomic mass is 10.1. The molecule has 0 bridgehead atoms. The number of hydrogen-bond donors (Lipinski definition) is 0. The van der Waals surface area contributed by atoms with Crippen LogP contribution in [0.25, 0.3) is 0 Å². The average molecular weight is 189 g/mol. The van der Waals surface area contributed by atoms with Gasteiger partial charge in [-0.05, 0) is 37.1 Å². The molecule has 0 unspecified atom stereocenters. The monoisotopic (exact) mass is 189 g/mol. The first-order chi connectivity index (χ1) is 6.51. The first-order valence-electron chi connectivity index (χ1n) is 4.20. The molecule has 0 saturated carbocycles. The maximum Gasteiger partial charge on any atom is 0.0985 e. The second-order valence-corrected chi connectivity index (χ2v) is 2.95. The van der Waals surface area contributed by atoms with E-state index >= 15 is 0 Å². The maximum atomic E-state index is 8.53. The summed E-state index contributed by atoms with van der Waals surface area (Å²) in [7, 11) is 1.60. The van der Waals surface area contributed by atoms with Gasteiger partial charge < -0.3 is 4.74 Å². The van der Waals surface area contributed by atoms with Gasteiger partial charge in [0.05, 0.1) is 18.9 Å². The molecule has 0 saturated heterocycles. The number of methoxy groups -OCH3 is 1. The fraction of sp³-hybridized carbons (Fsp3) is 0.250. The molecule has 14 heavy (non-hydrogen) atoms. The van der Waals surface area contributed by atoms with Gasteiger partial charge in [-0.1, -0.05) is 13.2 Å². The van der Waals surface area contributed by atoms with E-state index in [4.69, 9.17) is 10.00 Å². The van der Waals surface area contributed by atoms with Crippen LogP contribution in [0.2, 0.25) is 0 Å². The van der Waals surface area contributed by atoms with Crippen molar-refractivity contribution in [3.8, 4) is 6.07 Å². The van der Waals surface area contributed by atoms with Crippen molar-refractivity contribution < 1.29 is 4.74 Å². The molecule has 2 nitrogen and oxygen atoms in total. The highest BCUT2D eigenvalue weighted by Crippen LogP contribution is 2.12. The van der Waals surface area contributed by atoms with Crippen LogP contribution in [0.4, 0.5) is 0 Å². The van der Waals surface area contributed by atoms with Crippen molar-refractivity contribution in [3.63, 3.8) is 0 Å². The summed E-state index contributed by atoms with van der Waals surface area (Å²) in [6.07, 6.45) is 3.51.